The van der Waals surface area contributed by atoms with Crippen LogP contribution in [0.1, 0.15) is 66.7 Å². The van der Waals surface area contributed by atoms with Gasteiger partial charge in [-0.3, -0.25) is 19.9 Å². The minimum Gasteiger partial charge on any atom is -0.349 e. The summed E-state index contributed by atoms with van der Waals surface area (Å²) in [6, 6.07) is -0.00620. The maximum Gasteiger partial charge on any atom is 0.254 e. The van der Waals surface area contributed by atoms with Crippen LogP contribution in [0, 0.1) is 0 Å². The number of rotatable bonds is 5. The third-order valence-electron chi connectivity index (χ3n) is 4.44. The topological polar surface area (TPSA) is 83.6 Å². The van der Waals surface area contributed by atoms with Crippen LogP contribution in [-0.2, 0) is 6.42 Å². The summed E-state index contributed by atoms with van der Waals surface area (Å²) in [5, 5.41) is 10.2. The van der Waals surface area contributed by atoms with Crippen molar-refractivity contribution in [2.24, 2.45) is 0 Å². The highest BCUT2D eigenvalue weighted by atomic mass is 16.1. The van der Waals surface area contributed by atoms with Crippen LogP contribution in [0.2, 0.25) is 0 Å². The molecule has 0 aromatic carbocycles. The molecule has 1 saturated carbocycles. The van der Waals surface area contributed by atoms with Gasteiger partial charge in [-0.25, -0.2) is 0 Å². The minimum absolute atomic E-state index is 0.00620. The van der Waals surface area contributed by atoms with Crippen molar-refractivity contribution in [2.75, 3.05) is 0 Å². The molecule has 0 unspecified atom stereocenters. The van der Waals surface area contributed by atoms with E-state index in [0.717, 1.165) is 24.2 Å². The van der Waals surface area contributed by atoms with Crippen LogP contribution in [0.3, 0.4) is 0 Å². The smallest absolute Gasteiger partial charge is 0.254 e. The van der Waals surface area contributed by atoms with Crippen LogP contribution in [0.4, 0.5) is 0 Å². The van der Waals surface area contributed by atoms with Gasteiger partial charge < -0.3 is 5.32 Å². The lowest BCUT2D eigenvalue weighted by Crippen LogP contribution is -2.34. The fraction of sp³-hybridized carbons (Fsp3) is 0.529. The molecular weight excluding hydrogens is 290 g/mol. The van der Waals surface area contributed by atoms with Gasteiger partial charge >= 0.3 is 0 Å². The molecule has 1 aliphatic carbocycles. The molecule has 2 aromatic rings. The van der Waals surface area contributed by atoms with E-state index in [-0.39, 0.29) is 11.9 Å². The number of aromatic nitrogens is 4. The monoisotopic (exact) mass is 313 g/mol. The molecule has 0 saturated heterocycles. The van der Waals surface area contributed by atoms with Gasteiger partial charge in [-0.15, -0.1) is 0 Å². The summed E-state index contributed by atoms with van der Waals surface area (Å²) in [5.41, 5.74) is 2.55. The largest absolute Gasteiger partial charge is 0.349 e. The van der Waals surface area contributed by atoms with E-state index >= 15 is 0 Å². The maximum absolute atomic E-state index is 12.6. The third kappa shape index (κ3) is 3.94. The van der Waals surface area contributed by atoms with Crippen molar-refractivity contribution in [1.29, 1.82) is 0 Å². The molecule has 1 atom stereocenters. The van der Waals surface area contributed by atoms with Gasteiger partial charge in [0.1, 0.15) is 0 Å². The summed E-state index contributed by atoms with van der Waals surface area (Å²) in [6.45, 7) is 1.98. The molecular formula is C17H23N5O. The number of carbonyl (C=O) groups excluding carboxylic acids is 1. The van der Waals surface area contributed by atoms with E-state index in [1.807, 2.05) is 6.92 Å². The lowest BCUT2D eigenvalue weighted by atomic mass is 9.85. The third-order valence-corrected chi connectivity index (χ3v) is 4.44. The summed E-state index contributed by atoms with van der Waals surface area (Å²) in [5.74, 6) is 0.373. The zero-order valence-electron chi connectivity index (χ0n) is 13.5. The van der Waals surface area contributed by atoms with Gasteiger partial charge in [-0.2, -0.15) is 5.10 Å². The molecule has 2 N–H and O–H groups in total. The van der Waals surface area contributed by atoms with E-state index in [4.69, 9.17) is 0 Å². The molecule has 1 amide bonds. The second-order valence-corrected chi connectivity index (χ2v) is 6.31. The summed E-state index contributed by atoms with van der Waals surface area (Å²) in [7, 11) is 0. The predicted octanol–water partition coefficient (Wildman–Crippen LogP) is 2.61. The van der Waals surface area contributed by atoms with Gasteiger partial charge in [-0.1, -0.05) is 19.3 Å². The van der Waals surface area contributed by atoms with Crippen LogP contribution in [0.5, 0.6) is 0 Å². The van der Waals surface area contributed by atoms with Gasteiger partial charge in [0.15, 0.2) is 0 Å². The zero-order chi connectivity index (χ0) is 16.1. The Labute approximate surface area is 136 Å². The number of H-pyrrole nitrogens is 1. The molecule has 1 fully saturated rings. The molecule has 6 nitrogen and oxygen atoms in total. The van der Waals surface area contributed by atoms with E-state index in [1.165, 1.54) is 19.3 Å². The Balaban J connectivity index is 1.63. The Bertz CT molecular complexity index is 633. The minimum atomic E-state index is -0.0595. The molecule has 0 spiro atoms. The van der Waals surface area contributed by atoms with E-state index in [2.05, 4.69) is 25.5 Å². The number of nitrogens with zero attached hydrogens (tertiary/aromatic N) is 3. The fourth-order valence-corrected chi connectivity index (χ4v) is 3.28. The first-order valence-corrected chi connectivity index (χ1v) is 8.33. The van der Waals surface area contributed by atoms with Crippen LogP contribution >= 0.6 is 0 Å². The van der Waals surface area contributed by atoms with Gasteiger partial charge in [0, 0.05) is 37.0 Å². The van der Waals surface area contributed by atoms with Crippen molar-refractivity contribution >= 4 is 5.91 Å². The first kappa shape index (κ1) is 15.6. The van der Waals surface area contributed by atoms with Crippen LogP contribution in [-0.4, -0.2) is 32.1 Å². The van der Waals surface area contributed by atoms with Crippen LogP contribution in [0.15, 0.2) is 24.8 Å². The van der Waals surface area contributed by atoms with E-state index in [1.54, 1.807) is 24.8 Å². The average molecular weight is 313 g/mol. The Morgan fingerprint density at radius 1 is 1.30 bits per heavy atom. The van der Waals surface area contributed by atoms with E-state index in [0.29, 0.717) is 17.9 Å². The van der Waals surface area contributed by atoms with Gasteiger partial charge in [0.25, 0.3) is 5.91 Å². The van der Waals surface area contributed by atoms with Gasteiger partial charge in [-0.05, 0) is 19.8 Å². The van der Waals surface area contributed by atoms with Crippen molar-refractivity contribution in [3.05, 3.63) is 41.7 Å². The normalized spacial score (nSPS) is 16.9. The van der Waals surface area contributed by atoms with Crippen molar-refractivity contribution in [3.8, 4) is 0 Å². The first-order chi connectivity index (χ1) is 11.2. The summed E-state index contributed by atoms with van der Waals surface area (Å²) in [6.07, 6.45) is 13.4. The first-order valence-electron chi connectivity index (χ1n) is 8.33. The molecule has 0 bridgehead atoms. The highest BCUT2D eigenvalue weighted by molar-refractivity contribution is 5.95. The molecule has 1 aliphatic rings. The van der Waals surface area contributed by atoms with Gasteiger partial charge in [0.2, 0.25) is 0 Å². The lowest BCUT2D eigenvalue weighted by molar-refractivity contribution is 0.0938. The Morgan fingerprint density at radius 3 is 2.87 bits per heavy atom. The highest BCUT2D eigenvalue weighted by Crippen LogP contribution is 2.33. The van der Waals surface area contributed by atoms with Crippen LogP contribution < -0.4 is 5.32 Å². The van der Waals surface area contributed by atoms with Crippen molar-refractivity contribution in [1.82, 2.24) is 25.5 Å². The number of nitrogens with one attached hydrogen (secondary N) is 2. The molecule has 2 aromatic heterocycles. The molecule has 2 heterocycles. The average Bonchev–Trinajstić information content (AvgIpc) is 3.06. The Morgan fingerprint density at radius 2 is 2.13 bits per heavy atom. The van der Waals surface area contributed by atoms with Crippen LogP contribution in [0.25, 0.3) is 0 Å². The van der Waals surface area contributed by atoms with Crippen molar-refractivity contribution < 1.29 is 4.79 Å². The second-order valence-electron chi connectivity index (χ2n) is 6.31. The SMILES string of the molecule is C[C@H](Cc1cnccn1)NC(=O)c1cn[nH]c1C1CCCCC1. The molecule has 0 radical (unpaired) electrons. The number of hydrogen-bond acceptors (Lipinski definition) is 4. The number of carbonyl (C=O) groups is 1. The molecule has 0 aliphatic heterocycles. The summed E-state index contributed by atoms with van der Waals surface area (Å²) < 4.78 is 0. The number of amides is 1. The maximum atomic E-state index is 12.6. The number of aromatic amines is 1. The van der Waals surface area contributed by atoms with E-state index < -0.39 is 0 Å². The Hall–Kier alpha value is -2.24. The lowest BCUT2D eigenvalue weighted by Gasteiger charge is -2.21. The summed E-state index contributed by atoms with van der Waals surface area (Å²) in [4.78, 5) is 20.9. The standard InChI is InChI=1S/C17H23N5O/c1-12(9-14-10-18-7-8-19-14)21-17(23)15-11-20-22-16(15)13-5-3-2-4-6-13/h7-8,10-13H,2-6,9H2,1H3,(H,20,22)(H,21,23)/t12-/m1/s1. The molecule has 6 heteroatoms. The molecule has 3 rings (SSSR count). The highest BCUT2D eigenvalue weighted by Gasteiger charge is 2.24. The van der Waals surface area contributed by atoms with Crippen molar-refractivity contribution in [3.63, 3.8) is 0 Å². The van der Waals surface area contributed by atoms with E-state index in [9.17, 15) is 4.79 Å². The number of hydrogen-bond donors (Lipinski definition) is 2. The molecule has 122 valence electrons. The Kier molecular flexibility index (Phi) is 5.00. The quantitative estimate of drug-likeness (QED) is 0.888. The molecule has 23 heavy (non-hydrogen) atoms. The van der Waals surface area contributed by atoms with Gasteiger partial charge in [0.05, 0.1) is 23.1 Å². The second kappa shape index (κ2) is 7.35. The summed E-state index contributed by atoms with van der Waals surface area (Å²) >= 11 is 0. The fourth-order valence-electron chi connectivity index (χ4n) is 3.28. The predicted molar refractivity (Wildman–Crippen MR) is 87.1 cm³/mol. The van der Waals surface area contributed by atoms with Crippen molar-refractivity contribution in [2.45, 2.75) is 57.4 Å². The zero-order valence-corrected chi connectivity index (χ0v) is 13.5.